The van der Waals surface area contributed by atoms with Crippen LogP contribution in [0.5, 0.6) is 0 Å². The van der Waals surface area contributed by atoms with E-state index in [4.69, 9.17) is 0 Å². The maximum atomic E-state index is 11.8. The number of fused-ring (bicyclic) bond motifs is 1. The van der Waals surface area contributed by atoms with E-state index in [1.54, 1.807) is 0 Å². The number of nitrogens with zero attached hydrogens (tertiary/aromatic N) is 1. The number of H-pyrrole nitrogens is 1. The first-order valence-corrected chi connectivity index (χ1v) is 6.43. The van der Waals surface area contributed by atoms with Crippen molar-refractivity contribution in [2.24, 2.45) is 5.92 Å². The molecule has 1 aromatic heterocycles. The molecule has 0 aliphatic carbocycles. The lowest BCUT2D eigenvalue weighted by molar-refractivity contribution is -0.117. The largest absolute Gasteiger partial charge is 0.324 e. The van der Waals surface area contributed by atoms with E-state index in [2.05, 4.69) is 29.1 Å². The first kappa shape index (κ1) is 12.6. The molecule has 18 heavy (non-hydrogen) atoms. The zero-order valence-electron chi connectivity index (χ0n) is 10.9. The van der Waals surface area contributed by atoms with Crippen molar-refractivity contribution >= 4 is 22.9 Å². The number of hydrogen-bond acceptors (Lipinski definition) is 2. The normalized spacial score (nSPS) is 12.6. The highest BCUT2D eigenvalue weighted by Crippen LogP contribution is 2.15. The van der Waals surface area contributed by atoms with Crippen molar-refractivity contribution in [3.63, 3.8) is 0 Å². The number of nitrogens with one attached hydrogen (secondary N) is 2. The zero-order chi connectivity index (χ0) is 13.0. The summed E-state index contributed by atoms with van der Waals surface area (Å²) in [6, 6.07) is 7.73. The molecule has 2 rings (SSSR count). The van der Waals surface area contributed by atoms with Gasteiger partial charge >= 0.3 is 0 Å². The van der Waals surface area contributed by atoms with E-state index < -0.39 is 0 Å². The van der Waals surface area contributed by atoms with E-state index in [0.29, 0.717) is 18.3 Å². The van der Waals surface area contributed by atoms with Crippen LogP contribution < -0.4 is 5.32 Å². The molecule has 1 aromatic carbocycles. The molecule has 0 bridgehead atoms. The molecule has 0 radical (unpaired) electrons. The molecule has 2 aromatic rings. The number of benzene rings is 1. The van der Waals surface area contributed by atoms with E-state index in [9.17, 15) is 4.79 Å². The van der Waals surface area contributed by atoms with Crippen molar-refractivity contribution in [2.45, 2.75) is 33.1 Å². The minimum atomic E-state index is 0.0232. The number of imidazole rings is 1. The molecule has 1 atom stereocenters. The number of carbonyl (C=O) groups is 1. The number of hydrogen-bond donors (Lipinski definition) is 2. The van der Waals surface area contributed by atoms with Gasteiger partial charge in [-0.3, -0.25) is 10.1 Å². The molecule has 0 saturated heterocycles. The first-order valence-electron chi connectivity index (χ1n) is 6.43. The van der Waals surface area contributed by atoms with Gasteiger partial charge in [-0.15, -0.1) is 0 Å². The van der Waals surface area contributed by atoms with Crippen LogP contribution in [0.1, 0.15) is 33.1 Å². The molecule has 0 aliphatic rings. The van der Waals surface area contributed by atoms with Crippen LogP contribution in [0, 0.1) is 5.92 Å². The van der Waals surface area contributed by atoms with E-state index >= 15 is 0 Å². The number of amides is 1. The van der Waals surface area contributed by atoms with Crippen LogP contribution in [0.2, 0.25) is 0 Å². The molecule has 1 amide bonds. The predicted molar refractivity (Wildman–Crippen MR) is 73.4 cm³/mol. The highest BCUT2D eigenvalue weighted by atomic mass is 16.1. The average molecular weight is 245 g/mol. The van der Waals surface area contributed by atoms with Crippen LogP contribution >= 0.6 is 0 Å². The number of para-hydroxylation sites is 2. The van der Waals surface area contributed by atoms with Crippen molar-refractivity contribution in [1.29, 1.82) is 0 Å². The molecular weight excluding hydrogens is 226 g/mol. The fraction of sp³-hybridized carbons (Fsp3) is 0.429. The molecule has 96 valence electrons. The maximum Gasteiger partial charge on any atom is 0.226 e. The molecule has 0 saturated carbocycles. The Hall–Kier alpha value is -1.84. The SMILES string of the molecule is CCCC(C)CC(=O)Nc1nc2ccccc2[nH]1. The monoisotopic (exact) mass is 245 g/mol. The van der Waals surface area contributed by atoms with E-state index in [1.165, 1.54) is 0 Å². The molecule has 1 unspecified atom stereocenters. The van der Waals surface area contributed by atoms with Gasteiger partial charge in [0.2, 0.25) is 11.9 Å². The van der Waals surface area contributed by atoms with Crippen molar-refractivity contribution < 1.29 is 4.79 Å². The lowest BCUT2D eigenvalue weighted by Gasteiger charge is -2.08. The van der Waals surface area contributed by atoms with Gasteiger partial charge in [0.05, 0.1) is 11.0 Å². The maximum absolute atomic E-state index is 11.8. The Morgan fingerprint density at radius 1 is 1.44 bits per heavy atom. The minimum absolute atomic E-state index is 0.0232. The van der Waals surface area contributed by atoms with Crippen molar-refractivity contribution in [3.05, 3.63) is 24.3 Å². The smallest absolute Gasteiger partial charge is 0.226 e. The van der Waals surface area contributed by atoms with Crippen LogP contribution in [-0.2, 0) is 4.79 Å². The second kappa shape index (κ2) is 5.67. The number of aromatic nitrogens is 2. The molecule has 1 heterocycles. The Morgan fingerprint density at radius 3 is 2.94 bits per heavy atom. The Morgan fingerprint density at radius 2 is 2.22 bits per heavy atom. The summed E-state index contributed by atoms with van der Waals surface area (Å²) < 4.78 is 0. The summed E-state index contributed by atoms with van der Waals surface area (Å²) >= 11 is 0. The fourth-order valence-corrected chi connectivity index (χ4v) is 2.11. The van der Waals surface area contributed by atoms with E-state index in [0.717, 1.165) is 23.9 Å². The van der Waals surface area contributed by atoms with Crippen LogP contribution in [-0.4, -0.2) is 15.9 Å². The number of aromatic amines is 1. The molecule has 0 spiro atoms. The Balaban J connectivity index is 1.98. The third-order valence-corrected chi connectivity index (χ3v) is 2.96. The van der Waals surface area contributed by atoms with Gasteiger partial charge in [-0.05, 0) is 18.1 Å². The minimum Gasteiger partial charge on any atom is -0.324 e. The van der Waals surface area contributed by atoms with Gasteiger partial charge < -0.3 is 4.98 Å². The Kier molecular flexibility index (Phi) is 3.97. The molecule has 0 fully saturated rings. The highest BCUT2D eigenvalue weighted by molar-refractivity contribution is 5.91. The third-order valence-electron chi connectivity index (χ3n) is 2.96. The Bertz CT molecular complexity index is 500. The summed E-state index contributed by atoms with van der Waals surface area (Å²) in [5.41, 5.74) is 1.81. The number of carbonyl (C=O) groups excluding carboxylic acids is 1. The first-order chi connectivity index (χ1) is 8.69. The van der Waals surface area contributed by atoms with Crippen molar-refractivity contribution in [2.75, 3.05) is 5.32 Å². The summed E-state index contributed by atoms with van der Waals surface area (Å²) in [5.74, 6) is 0.972. The van der Waals surface area contributed by atoms with Gasteiger partial charge in [0.15, 0.2) is 0 Å². The lowest BCUT2D eigenvalue weighted by atomic mass is 10.0. The van der Waals surface area contributed by atoms with Gasteiger partial charge in [0, 0.05) is 6.42 Å². The molecule has 2 N–H and O–H groups in total. The van der Waals surface area contributed by atoms with Crippen LogP contribution in [0.15, 0.2) is 24.3 Å². The van der Waals surface area contributed by atoms with Crippen LogP contribution in [0.25, 0.3) is 11.0 Å². The summed E-state index contributed by atoms with van der Waals surface area (Å²) in [6.07, 6.45) is 2.73. The van der Waals surface area contributed by atoms with Gasteiger partial charge in [-0.1, -0.05) is 38.8 Å². The van der Waals surface area contributed by atoms with Crippen molar-refractivity contribution in [3.8, 4) is 0 Å². The van der Waals surface area contributed by atoms with E-state index in [-0.39, 0.29) is 5.91 Å². The average Bonchev–Trinajstić information content (AvgIpc) is 2.70. The van der Waals surface area contributed by atoms with Crippen LogP contribution in [0.3, 0.4) is 0 Å². The highest BCUT2D eigenvalue weighted by Gasteiger charge is 2.10. The zero-order valence-corrected chi connectivity index (χ0v) is 10.9. The lowest BCUT2D eigenvalue weighted by Crippen LogP contribution is -2.15. The van der Waals surface area contributed by atoms with Gasteiger partial charge in [-0.25, -0.2) is 4.98 Å². The molecular formula is C14H19N3O. The summed E-state index contributed by atoms with van der Waals surface area (Å²) in [7, 11) is 0. The van der Waals surface area contributed by atoms with Crippen LogP contribution in [0.4, 0.5) is 5.95 Å². The van der Waals surface area contributed by atoms with Gasteiger partial charge in [-0.2, -0.15) is 0 Å². The van der Waals surface area contributed by atoms with Gasteiger partial charge in [0.1, 0.15) is 0 Å². The number of anilines is 1. The summed E-state index contributed by atoms with van der Waals surface area (Å²) in [6.45, 7) is 4.23. The van der Waals surface area contributed by atoms with Gasteiger partial charge in [0.25, 0.3) is 0 Å². The molecule has 4 heteroatoms. The predicted octanol–water partition coefficient (Wildman–Crippen LogP) is 3.33. The van der Waals surface area contributed by atoms with Crippen molar-refractivity contribution in [1.82, 2.24) is 9.97 Å². The summed E-state index contributed by atoms with van der Waals surface area (Å²) in [4.78, 5) is 19.2. The topological polar surface area (TPSA) is 57.8 Å². The second-order valence-electron chi connectivity index (χ2n) is 4.75. The Labute approximate surface area is 107 Å². The second-order valence-corrected chi connectivity index (χ2v) is 4.75. The standard InChI is InChI=1S/C14H19N3O/c1-3-6-10(2)9-13(18)17-14-15-11-7-4-5-8-12(11)16-14/h4-5,7-8,10H,3,6,9H2,1-2H3,(H2,15,16,17,18). The molecule has 0 aliphatic heterocycles. The molecule has 4 nitrogen and oxygen atoms in total. The fourth-order valence-electron chi connectivity index (χ4n) is 2.11. The quantitative estimate of drug-likeness (QED) is 0.848. The van der Waals surface area contributed by atoms with E-state index in [1.807, 2.05) is 24.3 Å². The number of rotatable bonds is 5. The third kappa shape index (κ3) is 3.09. The summed E-state index contributed by atoms with van der Waals surface area (Å²) in [5, 5.41) is 2.82.